The van der Waals surface area contributed by atoms with Crippen molar-refractivity contribution in [2.45, 2.75) is 322 Å². The summed E-state index contributed by atoms with van der Waals surface area (Å²) >= 11 is 0. The molecule has 0 spiro atoms. The second-order valence-corrected chi connectivity index (χ2v) is 30.4. The van der Waals surface area contributed by atoms with Crippen LogP contribution in [0.5, 0.6) is 0 Å². The van der Waals surface area contributed by atoms with E-state index in [1.165, 1.54) is 77.0 Å². The monoisotopic (exact) mass is 1590 g/mol. The summed E-state index contributed by atoms with van der Waals surface area (Å²) in [6, 6.07) is 0. The Hall–Kier alpha value is -5.87. The molecule has 18 heteroatoms. The summed E-state index contributed by atoms with van der Waals surface area (Å²) < 4.78 is 61.2. The minimum absolute atomic E-state index is 0.0295. The van der Waals surface area contributed by atoms with Gasteiger partial charge in [-0.15, -0.1) is 0 Å². The minimum Gasteiger partial charge on any atom is -0.463 e. The Balaban J connectivity index is 4.65. The lowest BCUT2D eigenvalue weighted by atomic mass is 10.0. The van der Waals surface area contributed by atoms with E-state index >= 15 is 0 Å². The molecule has 0 heterocycles. The Labute approximate surface area is 673 Å². The Morgan fingerprint density at radius 2 is 0.468 bits per heavy atom. The van der Waals surface area contributed by atoms with Crippen LogP contribution in [0.2, 0.25) is 0 Å². The van der Waals surface area contributed by atoms with Crippen molar-refractivity contribution in [3.05, 3.63) is 207 Å². The fraction of sp³-hybridized carbons (Fsp3) is 0.602. The van der Waals surface area contributed by atoms with Crippen molar-refractivity contribution in [1.29, 1.82) is 0 Å². The number of rotatable bonds is 78. The summed E-state index contributed by atoms with van der Waals surface area (Å²) in [5, 5.41) is 20.7. The first-order chi connectivity index (χ1) is 54.2. The van der Waals surface area contributed by atoms with Gasteiger partial charge in [-0.2, -0.15) is 0 Å². The van der Waals surface area contributed by atoms with Gasteiger partial charge in [-0.1, -0.05) is 337 Å². The van der Waals surface area contributed by atoms with E-state index in [1.54, 1.807) is 0 Å². The molecule has 0 rings (SSSR count). The molecule has 0 aromatic carbocycles. The smallest absolute Gasteiger partial charge is 0.463 e. The molecule has 111 heavy (non-hydrogen) atoms. The first kappa shape index (κ1) is 105. The number of aliphatic hydroxyl groups excluding tert-OH is 2. The number of phosphoric ester groups is 2. The third kappa shape index (κ3) is 84.9. The standard InChI is InChI=1S/C93H150O16P2/c1-4-7-10-13-16-19-22-25-28-31-34-36-38-40-41-42-43-44-45-47-49-50-53-55-58-61-64-67-70-73-76-79-91(96)103-82-88(94)83-105-110(99,100)106-84-89(95)85-107-111(101,102)108-87-90(109-93(98)81-78-75-72-69-66-63-60-57-52-33-30-27-24-21-18-15-12-9-6-3)86-104-92(97)80-77-74-71-68-65-62-59-56-54-51-48-46-39-37-35-32-29-26-23-20-17-14-11-8-5-2/h7-12,16-21,25-30,34-37,40-41,43-44,46,48,52,57,63,66,72,75,88-90,94-95H,4-6,13-15,22-24,31-33,38-39,42,45,47,49-51,53-56,58-62,64-65,67-71,73-74,76-87H2,1-3H3,(H,99,100)(H,101,102)/b10-7-,11-8-,12-9-,19-16-,20-17-,21-18-,28-25-,29-26-,30-27-,36-34-,37-35-,41-40-,44-43-,48-46-,57-52-,66-63-,75-72-. The summed E-state index contributed by atoms with van der Waals surface area (Å²) in [4.78, 5) is 58.8. The number of unbranched alkanes of at least 4 members (excludes halogenated alkanes) is 21. The average Bonchev–Trinajstić information content (AvgIpc) is 0.895. The summed E-state index contributed by atoms with van der Waals surface area (Å²) in [5.41, 5.74) is 0. The highest BCUT2D eigenvalue weighted by atomic mass is 31.2. The van der Waals surface area contributed by atoms with Gasteiger partial charge in [-0.25, -0.2) is 9.13 Å². The van der Waals surface area contributed by atoms with Crippen LogP contribution in [0.3, 0.4) is 0 Å². The molecule has 628 valence electrons. The van der Waals surface area contributed by atoms with Gasteiger partial charge in [0.2, 0.25) is 0 Å². The molecule has 0 aromatic rings. The fourth-order valence-electron chi connectivity index (χ4n) is 10.7. The van der Waals surface area contributed by atoms with Gasteiger partial charge in [-0.05, 0) is 154 Å². The van der Waals surface area contributed by atoms with E-state index in [1.807, 2.05) is 18.2 Å². The van der Waals surface area contributed by atoms with Gasteiger partial charge in [0.15, 0.2) is 6.10 Å². The van der Waals surface area contributed by atoms with E-state index in [-0.39, 0.29) is 19.3 Å². The van der Waals surface area contributed by atoms with Crippen molar-refractivity contribution in [2.75, 3.05) is 39.6 Å². The molecule has 5 unspecified atom stereocenters. The Morgan fingerprint density at radius 3 is 0.748 bits per heavy atom. The molecular weight excluding hydrogens is 1430 g/mol. The molecule has 0 saturated carbocycles. The van der Waals surface area contributed by atoms with Crippen molar-refractivity contribution in [3.8, 4) is 0 Å². The lowest BCUT2D eigenvalue weighted by molar-refractivity contribution is -0.161. The van der Waals surface area contributed by atoms with E-state index in [0.717, 1.165) is 161 Å². The highest BCUT2D eigenvalue weighted by Gasteiger charge is 2.29. The summed E-state index contributed by atoms with van der Waals surface area (Å²) in [7, 11) is -9.84. The molecule has 0 fully saturated rings. The highest BCUT2D eigenvalue weighted by Crippen LogP contribution is 2.45. The van der Waals surface area contributed by atoms with Crippen molar-refractivity contribution in [1.82, 2.24) is 0 Å². The zero-order valence-corrected chi connectivity index (χ0v) is 70.6. The summed E-state index contributed by atoms with van der Waals surface area (Å²) in [6.45, 7) is 2.23. The molecule has 0 amide bonds. The van der Waals surface area contributed by atoms with Crippen LogP contribution in [0.15, 0.2) is 207 Å². The van der Waals surface area contributed by atoms with Crippen LogP contribution in [0, 0.1) is 0 Å². The normalized spacial score (nSPS) is 14.9. The maximum atomic E-state index is 13.0. The van der Waals surface area contributed by atoms with Crippen LogP contribution in [-0.2, 0) is 55.8 Å². The van der Waals surface area contributed by atoms with Gasteiger partial charge < -0.3 is 34.2 Å². The SMILES string of the molecule is CC/C=C\C/C=C\C/C=C\C/C=C\C/C=C\C/C=C\CCCCCCCCCCCCCCC(=O)OCC(O)COP(=O)(O)OCC(O)COP(=O)(O)OCC(COC(=O)CCCCCCCCCCC/C=C\C/C=C\C/C=C\C/C=C\C/C=C\CC)OC(=O)CC/C=C\C/C=C\C/C=C\C/C=C\C/C=C\C/C=C\CC. The predicted molar refractivity (Wildman–Crippen MR) is 463 cm³/mol. The van der Waals surface area contributed by atoms with Crippen molar-refractivity contribution in [2.24, 2.45) is 0 Å². The quantitative estimate of drug-likeness (QED) is 0.0146. The third-order valence-corrected chi connectivity index (χ3v) is 18.9. The number of ether oxygens (including phenoxy) is 3. The van der Waals surface area contributed by atoms with Crippen LogP contribution in [0.1, 0.15) is 303 Å². The predicted octanol–water partition coefficient (Wildman–Crippen LogP) is 25.7. The van der Waals surface area contributed by atoms with E-state index in [0.29, 0.717) is 25.7 Å². The molecule has 0 aromatic heterocycles. The van der Waals surface area contributed by atoms with E-state index < -0.39 is 91.5 Å². The number of hydrogen-bond acceptors (Lipinski definition) is 14. The van der Waals surface area contributed by atoms with Crippen molar-refractivity contribution >= 4 is 33.6 Å². The van der Waals surface area contributed by atoms with E-state index in [2.05, 4.69) is 209 Å². The van der Waals surface area contributed by atoms with Crippen molar-refractivity contribution in [3.63, 3.8) is 0 Å². The molecule has 0 bridgehead atoms. The third-order valence-electron chi connectivity index (χ3n) is 17.0. The number of aliphatic hydroxyl groups is 2. The minimum atomic E-state index is -4.97. The number of esters is 3. The molecule has 16 nitrogen and oxygen atoms in total. The molecular formula is C93H150O16P2. The van der Waals surface area contributed by atoms with Gasteiger partial charge in [0, 0.05) is 19.3 Å². The number of carbonyl (C=O) groups is 3. The first-order valence-corrected chi connectivity index (χ1v) is 45.4. The van der Waals surface area contributed by atoms with Gasteiger partial charge in [0.1, 0.15) is 25.4 Å². The lowest BCUT2D eigenvalue weighted by Crippen LogP contribution is -2.29. The maximum absolute atomic E-state index is 13.0. The van der Waals surface area contributed by atoms with Gasteiger partial charge in [0.25, 0.3) is 0 Å². The fourth-order valence-corrected chi connectivity index (χ4v) is 12.3. The number of carbonyl (C=O) groups excluding carboxylic acids is 3. The van der Waals surface area contributed by atoms with Crippen LogP contribution < -0.4 is 0 Å². The second kappa shape index (κ2) is 83.6. The Morgan fingerprint density at radius 1 is 0.252 bits per heavy atom. The highest BCUT2D eigenvalue weighted by molar-refractivity contribution is 7.47. The zero-order valence-electron chi connectivity index (χ0n) is 68.8. The Kier molecular flexibility index (Phi) is 79.1. The number of allylic oxidation sites excluding steroid dienone is 34. The molecule has 0 aliphatic rings. The second-order valence-electron chi connectivity index (χ2n) is 27.5. The van der Waals surface area contributed by atoms with Crippen LogP contribution in [0.25, 0.3) is 0 Å². The number of hydrogen-bond donors (Lipinski definition) is 4. The molecule has 0 radical (unpaired) electrons. The van der Waals surface area contributed by atoms with E-state index in [9.17, 15) is 43.5 Å². The Bertz CT molecular complexity index is 2850. The summed E-state index contributed by atoms with van der Waals surface area (Å²) in [6.07, 6.45) is 112. The van der Waals surface area contributed by atoms with Gasteiger partial charge in [0.05, 0.1) is 26.4 Å². The summed E-state index contributed by atoms with van der Waals surface area (Å²) in [5.74, 6) is -1.69. The molecule has 0 saturated heterocycles. The average molecular weight is 1590 g/mol. The van der Waals surface area contributed by atoms with Crippen LogP contribution in [-0.4, -0.2) is 95.9 Å². The van der Waals surface area contributed by atoms with Gasteiger partial charge >= 0.3 is 33.6 Å². The van der Waals surface area contributed by atoms with Gasteiger partial charge in [-0.3, -0.25) is 32.5 Å². The zero-order chi connectivity index (χ0) is 80.8. The number of phosphoric acid groups is 2. The molecule has 5 atom stereocenters. The molecule has 0 aliphatic heterocycles. The topological polar surface area (TPSA) is 231 Å². The van der Waals surface area contributed by atoms with Crippen molar-refractivity contribution < 1.29 is 75.8 Å². The largest absolute Gasteiger partial charge is 0.472 e. The van der Waals surface area contributed by atoms with Crippen LogP contribution >= 0.6 is 15.6 Å². The maximum Gasteiger partial charge on any atom is 0.472 e. The van der Waals surface area contributed by atoms with E-state index in [4.69, 9.17) is 32.3 Å². The molecule has 4 N–H and O–H groups in total. The van der Waals surface area contributed by atoms with Crippen LogP contribution in [0.4, 0.5) is 0 Å². The lowest BCUT2D eigenvalue weighted by Gasteiger charge is -2.21. The molecule has 0 aliphatic carbocycles. The first-order valence-electron chi connectivity index (χ1n) is 42.4.